The Balaban J connectivity index is 1.45. The lowest BCUT2D eigenvalue weighted by Crippen LogP contribution is -2.51. The first-order valence-corrected chi connectivity index (χ1v) is 8.73. The molecule has 0 spiro atoms. The van der Waals surface area contributed by atoms with Gasteiger partial charge >= 0.3 is 6.03 Å². The van der Waals surface area contributed by atoms with Crippen molar-refractivity contribution in [1.29, 1.82) is 0 Å². The zero-order valence-electron chi connectivity index (χ0n) is 13.5. The highest BCUT2D eigenvalue weighted by Crippen LogP contribution is 2.18. The fourth-order valence-corrected chi connectivity index (χ4v) is 3.44. The Morgan fingerprint density at radius 2 is 2.22 bits per heavy atom. The Kier molecular flexibility index (Phi) is 4.97. The van der Waals surface area contributed by atoms with E-state index in [1.54, 1.807) is 11.3 Å². The number of rotatable bonds is 4. The molecule has 1 atom stereocenters. The van der Waals surface area contributed by atoms with Crippen molar-refractivity contribution in [1.82, 2.24) is 20.3 Å². The molecule has 0 radical (unpaired) electrons. The molecule has 124 valence electrons. The number of aryl methyl sites for hydroxylation is 1. The molecule has 2 aromatic rings. The van der Waals surface area contributed by atoms with Crippen molar-refractivity contribution in [3.8, 4) is 0 Å². The summed E-state index contributed by atoms with van der Waals surface area (Å²) in [5, 5.41) is 9.01. The van der Waals surface area contributed by atoms with Crippen LogP contribution in [-0.4, -0.2) is 47.2 Å². The van der Waals surface area contributed by atoms with Gasteiger partial charge in [0, 0.05) is 37.1 Å². The van der Waals surface area contributed by atoms with E-state index in [2.05, 4.69) is 15.4 Å². The van der Waals surface area contributed by atoms with Gasteiger partial charge in [-0.1, -0.05) is 11.2 Å². The van der Waals surface area contributed by atoms with Crippen molar-refractivity contribution in [3.05, 3.63) is 39.9 Å². The van der Waals surface area contributed by atoms with E-state index in [0.29, 0.717) is 0 Å². The van der Waals surface area contributed by atoms with Gasteiger partial charge in [-0.3, -0.25) is 4.90 Å². The minimum absolute atomic E-state index is 0.0149. The van der Waals surface area contributed by atoms with Crippen molar-refractivity contribution in [2.24, 2.45) is 0 Å². The second-order valence-corrected chi connectivity index (χ2v) is 6.86. The van der Waals surface area contributed by atoms with Gasteiger partial charge in [0.05, 0.1) is 18.3 Å². The quantitative estimate of drug-likeness (QED) is 0.934. The summed E-state index contributed by atoms with van der Waals surface area (Å²) in [7, 11) is 0. The maximum atomic E-state index is 12.3. The second kappa shape index (κ2) is 7.14. The standard InChI is InChI=1S/C16H22N4O2S/c1-12-10-14(22-18-12)11-19-5-7-20(8-6-19)16(21)17-13(2)15-4-3-9-23-15/h3-4,9-10,13H,5-8,11H2,1-2H3,(H,17,21)/t13-/m1/s1. The molecule has 2 amide bonds. The molecule has 1 N–H and O–H groups in total. The Morgan fingerprint density at radius 3 is 2.83 bits per heavy atom. The fourth-order valence-electron chi connectivity index (χ4n) is 2.71. The first-order chi connectivity index (χ1) is 11.1. The zero-order chi connectivity index (χ0) is 16.2. The summed E-state index contributed by atoms with van der Waals surface area (Å²) in [5.74, 6) is 0.881. The van der Waals surface area contributed by atoms with E-state index in [-0.39, 0.29) is 12.1 Å². The van der Waals surface area contributed by atoms with Gasteiger partial charge in [-0.15, -0.1) is 11.3 Å². The minimum atomic E-state index is 0.0149. The van der Waals surface area contributed by atoms with Crippen LogP contribution in [0, 0.1) is 6.92 Å². The van der Waals surface area contributed by atoms with Gasteiger partial charge in [0.2, 0.25) is 0 Å². The average Bonchev–Trinajstić information content (AvgIpc) is 3.20. The Hall–Kier alpha value is -1.86. The first-order valence-electron chi connectivity index (χ1n) is 7.85. The lowest BCUT2D eigenvalue weighted by atomic mass is 10.2. The highest BCUT2D eigenvalue weighted by Gasteiger charge is 2.23. The molecule has 0 unspecified atom stereocenters. The summed E-state index contributed by atoms with van der Waals surface area (Å²) in [6.07, 6.45) is 0. The van der Waals surface area contributed by atoms with Crippen LogP contribution < -0.4 is 5.32 Å². The molecule has 3 heterocycles. The Bertz CT molecular complexity index is 632. The van der Waals surface area contributed by atoms with Gasteiger partial charge < -0.3 is 14.7 Å². The predicted molar refractivity (Wildman–Crippen MR) is 89.4 cm³/mol. The summed E-state index contributed by atoms with van der Waals surface area (Å²) >= 11 is 1.67. The molecule has 6 nitrogen and oxygen atoms in total. The third kappa shape index (κ3) is 4.11. The summed E-state index contributed by atoms with van der Waals surface area (Å²) in [6, 6.07) is 6.08. The van der Waals surface area contributed by atoms with Crippen LogP contribution >= 0.6 is 11.3 Å². The van der Waals surface area contributed by atoms with E-state index in [1.807, 2.05) is 42.3 Å². The minimum Gasteiger partial charge on any atom is -0.360 e. The molecule has 1 saturated heterocycles. The number of hydrogen-bond donors (Lipinski definition) is 1. The Labute approximate surface area is 140 Å². The van der Waals surface area contributed by atoms with Gasteiger partial charge in [-0.2, -0.15) is 0 Å². The van der Waals surface area contributed by atoms with Crippen molar-refractivity contribution in [3.63, 3.8) is 0 Å². The van der Waals surface area contributed by atoms with Crippen molar-refractivity contribution in [2.45, 2.75) is 26.4 Å². The monoisotopic (exact) mass is 334 g/mol. The Morgan fingerprint density at radius 1 is 1.43 bits per heavy atom. The van der Waals surface area contributed by atoms with E-state index in [0.717, 1.165) is 44.2 Å². The zero-order valence-corrected chi connectivity index (χ0v) is 14.3. The normalized spacial score (nSPS) is 17.2. The summed E-state index contributed by atoms with van der Waals surface area (Å²) in [5.41, 5.74) is 0.903. The van der Waals surface area contributed by atoms with Crippen molar-refractivity contribution in [2.75, 3.05) is 26.2 Å². The lowest BCUT2D eigenvalue weighted by Gasteiger charge is -2.34. The number of aromatic nitrogens is 1. The number of nitrogens with zero attached hydrogens (tertiary/aromatic N) is 3. The number of nitrogens with one attached hydrogen (secondary N) is 1. The first kappa shape index (κ1) is 16.0. The van der Waals surface area contributed by atoms with E-state index in [1.165, 1.54) is 4.88 Å². The molecule has 0 aromatic carbocycles. The van der Waals surface area contributed by atoms with Crippen LogP contribution in [0.1, 0.15) is 29.3 Å². The number of urea groups is 1. The number of hydrogen-bond acceptors (Lipinski definition) is 5. The summed E-state index contributed by atoms with van der Waals surface area (Å²) in [4.78, 5) is 17.7. The number of amides is 2. The van der Waals surface area contributed by atoms with Crippen LogP contribution in [0.25, 0.3) is 0 Å². The second-order valence-electron chi connectivity index (χ2n) is 5.88. The molecular weight excluding hydrogens is 312 g/mol. The molecule has 7 heteroatoms. The molecule has 1 fully saturated rings. The molecule has 0 aliphatic carbocycles. The SMILES string of the molecule is Cc1cc(CN2CCN(C(=O)N[C@H](C)c3cccs3)CC2)on1. The number of piperazine rings is 1. The molecule has 23 heavy (non-hydrogen) atoms. The number of carbonyl (C=O) groups is 1. The highest BCUT2D eigenvalue weighted by atomic mass is 32.1. The molecule has 0 saturated carbocycles. The van der Waals surface area contributed by atoms with Crippen LogP contribution in [0.3, 0.4) is 0 Å². The molecule has 1 aliphatic heterocycles. The lowest BCUT2D eigenvalue weighted by molar-refractivity contribution is 0.126. The van der Waals surface area contributed by atoms with Crippen LogP contribution in [0.15, 0.2) is 28.1 Å². The molecular formula is C16H22N4O2S. The van der Waals surface area contributed by atoms with Crippen LogP contribution in [0.2, 0.25) is 0 Å². The maximum absolute atomic E-state index is 12.3. The molecule has 0 bridgehead atoms. The topological polar surface area (TPSA) is 61.6 Å². The van der Waals surface area contributed by atoms with Gasteiger partial charge in [0.1, 0.15) is 0 Å². The summed E-state index contributed by atoms with van der Waals surface area (Å²) in [6.45, 7) is 7.85. The molecule has 2 aromatic heterocycles. The van der Waals surface area contributed by atoms with Gasteiger partial charge in [0.25, 0.3) is 0 Å². The van der Waals surface area contributed by atoms with Crippen molar-refractivity contribution >= 4 is 17.4 Å². The van der Waals surface area contributed by atoms with Gasteiger partial charge in [-0.25, -0.2) is 4.79 Å². The van der Waals surface area contributed by atoms with Gasteiger partial charge in [0.15, 0.2) is 5.76 Å². The number of thiophene rings is 1. The van der Waals surface area contributed by atoms with E-state index >= 15 is 0 Å². The predicted octanol–water partition coefficient (Wildman–Crippen LogP) is 2.63. The van der Waals surface area contributed by atoms with Gasteiger partial charge in [-0.05, 0) is 25.3 Å². The average molecular weight is 334 g/mol. The van der Waals surface area contributed by atoms with Crippen LogP contribution in [0.4, 0.5) is 4.79 Å². The fraction of sp³-hybridized carbons (Fsp3) is 0.500. The van der Waals surface area contributed by atoms with Crippen LogP contribution in [-0.2, 0) is 6.54 Å². The maximum Gasteiger partial charge on any atom is 0.317 e. The molecule has 1 aliphatic rings. The third-order valence-electron chi connectivity index (χ3n) is 4.03. The number of carbonyl (C=O) groups excluding carboxylic acids is 1. The highest BCUT2D eigenvalue weighted by molar-refractivity contribution is 7.10. The van der Waals surface area contributed by atoms with E-state index < -0.39 is 0 Å². The van der Waals surface area contributed by atoms with Crippen molar-refractivity contribution < 1.29 is 9.32 Å². The smallest absolute Gasteiger partial charge is 0.317 e. The molecule has 3 rings (SSSR count). The summed E-state index contributed by atoms with van der Waals surface area (Å²) < 4.78 is 5.25. The van der Waals surface area contributed by atoms with E-state index in [4.69, 9.17) is 4.52 Å². The largest absolute Gasteiger partial charge is 0.360 e. The van der Waals surface area contributed by atoms with E-state index in [9.17, 15) is 4.79 Å². The third-order valence-corrected chi connectivity index (χ3v) is 5.08. The van der Waals surface area contributed by atoms with Crippen LogP contribution in [0.5, 0.6) is 0 Å².